The Kier molecular flexibility index (Phi) is 7.14. The van der Waals surface area contributed by atoms with Crippen molar-refractivity contribution in [3.63, 3.8) is 0 Å². The number of anilines is 1. The highest BCUT2D eigenvalue weighted by Crippen LogP contribution is 2.34. The summed E-state index contributed by atoms with van der Waals surface area (Å²) in [4.78, 5) is 15.5. The van der Waals surface area contributed by atoms with Crippen molar-refractivity contribution in [2.45, 2.75) is 43.4 Å². The van der Waals surface area contributed by atoms with Crippen LogP contribution in [-0.4, -0.2) is 45.4 Å². The smallest absolute Gasteiger partial charge is 0.371 e. The lowest BCUT2D eigenvalue weighted by atomic mass is 10.1. The number of hydrogen-bond acceptors (Lipinski definition) is 4. The number of alkyl halides is 3. The molecule has 2 aromatic rings. The third-order valence-electron chi connectivity index (χ3n) is 5.41. The summed E-state index contributed by atoms with van der Waals surface area (Å²) in [5.41, 5.74) is 0.666. The normalized spacial score (nSPS) is 15.6. The van der Waals surface area contributed by atoms with Gasteiger partial charge in [0.25, 0.3) is 0 Å². The van der Waals surface area contributed by atoms with Crippen LogP contribution >= 0.6 is 0 Å². The molecule has 1 saturated heterocycles. The molecule has 1 aliphatic rings. The second-order valence-corrected chi connectivity index (χ2v) is 9.54. The minimum atomic E-state index is -4.84. The number of nitrogens with one attached hydrogen (secondary N) is 1. The van der Waals surface area contributed by atoms with Gasteiger partial charge in [0.1, 0.15) is 0 Å². The highest BCUT2D eigenvalue weighted by molar-refractivity contribution is 7.89. The number of benzene rings is 2. The first-order valence-corrected chi connectivity index (χ1v) is 11.8. The lowest BCUT2D eigenvalue weighted by Gasteiger charge is -2.26. The third-order valence-corrected chi connectivity index (χ3v) is 7.01. The number of halogens is 3. The van der Waals surface area contributed by atoms with Gasteiger partial charge >= 0.3 is 6.18 Å². The molecule has 1 amide bonds. The fourth-order valence-corrected chi connectivity index (χ4v) is 5.28. The van der Waals surface area contributed by atoms with E-state index in [9.17, 15) is 26.4 Å². The van der Waals surface area contributed by atoms with E-state index in [0.717, 1.165) is 49.3 Å². The Bertz CT molecular complexity index is 1070. The summed E-state index contributed by atoms with van der Waals surface area (Å²) in [7, 11) is -3.03. The maximum absolute atomic E-state index is 13.2. The second kappa shape index (κ2) is 9.50. The first kappa shape index (κ1) is 24.1. The van der Waals surface area contributed by atoms with E-state index in [1.54, 1.807) is 0 Å². The first-order valence-electron chi connectivity index (χ1n) is 10.3. The molecule has 0 aliphatic carbocycles. The molecule has 6 nitrogen and oxygen atoms in total. The molecule has 0 aromatic heterocycles. The number of carbonyl (C=O) groups excluding carboxylic acids is 1. The summed E-state index contributed by atoms with van der Waals surface area (Å²) in [6.07, 6.45) is -2.64. The van der Waals surface area contributed by atoms with Gasteiger partial charge in [-0.25, -0.2) is 8.42 Å². The zero-order valence-electron chi connectivity index (χ0n) is 17.9. The van der Waals surface area contributed by atoms with Crippen molar-refractivity contribution in [1.29, 1.82) is 0 Å². The number of para-hydroxylation sites is 1. The van der Waals surface area contributed by atoms with Gasteiger partial charge in [-0.15, -0.1) is 0 Å². The number of rotatable bonds is 7. The largest absolute Gasteiger partial charge is 0.417 e. The molecule has 10 heteroatoms. The number of hydrogen-bond donors (Lipinski definition) is 1. The quantitative estimate of drug-likeness (QED) is 0.673. The van der Waals surface area contributed by atoms with Gasteiger partial charge in [-0.05, 0) is 43.5 Å². The van der Waals surface area contributed by atoms with Gasteiger partial charge in [0.15, 0.2) is 0 Å². The van der Waals surface area contributed by atoms with E-state index in [1.165, 1.54) is 24.9 Å². The van der Waals surface area contributed by atoms with Crippen molar-refractivity contribution >= 4 is 21.6 Å². The molecular weight excluding hydrogens is 443 g/mol. The molecule has 3 rings (SSSR count). The average Bonchev–Trinajstić information content (AvgIpc) is 3.27. The summed E-state index contributed by atoms with van der Waals surface area (Å²) < 4.78 is 67.1. The number of nitrogens with zero attached hydrogens (tertiary/aromatic N) is 2. The Morgan fingerprint density at radius 3 is 2.34 bits per heavy atom. The third kappa shape index (κ3) is 5.42. The Hall–Kier alpha value is -2.59. The van der Waals surface area contributed by atoms with Crippen LogP contribution < -0.4 is 9.62 Å². The second-order valence-electron chi connectivity index (χ2n) is 7.85. The van der Waals surface area contributed by atoms with E-state index in [0.29, 0.717) is 6.07 Å². The van der Waals surface area contributed by atoms with Crippen LogP contribution in [0.4, 0.5) is 18.9 Å². The van der Waals surface area contributed by atoms with E-state index in [-0.39, 0.29) is 6.54 Å². The van der Waals surface area contributed by atoms with Crippen molar-refractivity contribution in [2.75, 3.05) is 25.0 Å². The van der Waals surface area contributed by atoms with Crippen molar-refractivity contribution in [1.82, 2.24) is 9.62 Å². The van der Waals surface area contributed by atoms with Gasteiger partial charge in [0, 0.05) is 32.4 Å². The van der Waals surface area contributed by atoms with Gasteiger partial charge in [-0.3, -0.25) is 4.79 Å². The van der Waals surface area contributed by atoms with Crippen LogP contribution in [0, 0.1) is 0 Å². The predicted molar refractivity (Wildman–Crippen MR) is 116 cm³/mol. The van der Waals surface area contributed by atoms with Crippen LogP contribution in [0.15, 0.2) is 53.4 Å². The number of amides is 1. The zero-order valence-corrected chi connectivity index (χ0v) is 18.7. The van der Waals surface area contributed by atoms with Crippen molar-refractivity contribution in [3.8, 4) is 0 Å². The monoisotopic (exact) mass is 469 g/mol. The first-order chi connectivity index (χ1) is 15.0. The van der Waals surface area contributed by atoms with Gasteiger partial charge in [0.05, 0.1) is 16.5 Å². The van der Waals surface area contributed by atoms with Gasteiger partial charge < -0.3 is 9.80 Å². The molecule has 174 valence electrons. The standard InChI is InChI=1S/C22H26F3N3O3S/c1-16(26-32(30,31)20-12-6-4-10-18(20)22(23,24)25)21(29)27(2)15-17-9-3-5-11-19(17)28-13-7-8-14-28/h3-6,9-12,16,26H,7-8,13-15H2,1-2H3/t16-/m0/s1. The van der Waals surface area contributed by atoms with Gasteiger partial charge in [0.2, 0.25) is 15.9 Å². The van der Waals surface area contributed by atoms with Crippen LogP contribution in [0.1, 0.15) is 30.9 Å². The van der Waals surface area contributed by atoms with E-state index in [2.05, 4.69) is 9.62 Å². The zero-order chi connectivity index (χ0) is 23.5. The predicted octanol–water partition coefficient (Wildman–Crippen LogP) is 3.63. The topological polar surface area (TPSA) is 69.7 Å². The summed E-state index contributed by atoms with van der Waals surface area (Å²) in [6.45, 7) is 3.43. The molecule has 0 unspecified atom stereocenters. The lowest BCUT2D eigenvalue weighted by Crippen LogP contribution is -2.45. The summed E-state index contributed by atoms with van der Waals surface area (Å²) in [6, 6.07) is 10.3. The lowest BCUT2D eigenvalue weighted by molar-refractivity contribution is -0.139. The summed E-state index contributed by atoms with van der Waals surface area (Å²) in [5, 5.41) is 0. The Morgan fingerprint density at radius 1 is 1.09 bits per heavy atom. The Balaban J connectivity index is 1.74. The Morgan fingerprint density at radius 2 is 1.69 bits per heavy atom. The average molecular weight is 470 g/mol. The molecule has 0 saturated carbocycles. The minimum absolute atomic E-state index is 0.247. The van der Waals surface area contributed by atoms with E-state index in [1.807, 2.05) is 24.3 Å². The minimum Gasteiger partial charge on any atom is -0.371 e. The van der Waals surface area contributed by atoms with Crippen LogP contribution in [0.3, 0.4) is 0 Å². The maximum Gasteiger partial charge on any atom is 0.417 e. The highest BCUT2D eigenvalue weighted by Gasteiger charge is 2.37. The molecular formula is C22H26F3N3O3S. The SMILES string of the molecule is C[C@H](NS(=O)(=O)c1ccccc1C(F)(F)F)C(=O)N(C)Cc1ccccc1N1CCCC1. The molecule has 1 aliphatic heterocycles. The molecule has 1 heterocycles. The van der Waals surface area contributed by atoms with Crippen molar-refractivity contribution in [2.24, 2.45) is 0 Å². The summed E-state index contributed by atoms with van der Waals surface area (Å²) in [5.74, 6) is -0.547. The van der Waals surface area contributed by atoms with Crippen LogP contribution in [-0.2, 0) is 27.5 Å². The molecule has 1 atom stereocenters. The number of likely N-dealkylation sites (N-methyl/N-ethyl adjacent to an activating group) is 1. The van der Waals surface area contributed by atoms with Crippen LogP contribution in [0.25, 0.3) is 0 Å². The Labute approximate surface area is 186 Å². The van der Waals surface area contributed by atoms with Crippen LogP contribution in [0.5, 0.6) is 0 Å². The molecule has 1 fully saturated rings. The molecule has 0 radical (unpaired) electrons. The fraction of sp³-hybridized carbons (Fsp3) is 0.409. The highest BCUT2D eigenvalue weighted by atomic mass is 32.2. The summed E-state index contributed by atoms with van der Waals surface area (Å²) >= 11 is 0. The van der Waals surface area contributed by atoms with Crippen LogP contribution in [0.2, 0.25) is 0 Å². The molecule has 0 spiro atoms. The van der Waals surface area contributed by atoms with E-state index >= 15 is 0 Å². The van der Waals surface area contributed by atoms with Crippen molar-refractivity contribution in [3.05, 3.63) is 59.7 Å². The molecule has 2 aromatic carbocycles. The maximum atomic E-state index is 13.2. The van der Waals surface area contributed by atoms with E-state index < -0.39 is 38.6 Å². The van der Waals surface area contributed by atoms with Gasteiger partial charge in [-0.1, -0.05) is 30.3 Å². The van der Waals surface area contributed by atoms with E-state index in [4.69, 9.17) is 0 Å². The van der Waals surface area contributed by atoms with Crippen molar-refractivity contribution < 1.29 is 26.4 Å². The number of carbonyl (C=O) groups is 1. The van der Waals surface area contributed by atoms with Gasteiger partial charge in [-0.2, -0.15) is 17.9 Å². The molecule has 32 heavy (non-hydrogen) atoms. The molecule has 0 bridgehead atoms. The molecule has 1 N–H and O–H groups in total. The number of sulfonamides is 1. The fourth-order valence-electron chi connectivity index (χ4n) is 3.86.